The van der Waals surface area contributed by atoms with E-state index in [-0.39, 0.29) is 18.0 Å². The third-order valence-electron chi connectivity index (χ3n) is 6.78. The fraction of sp³-hybridized carbons (Fsp3) is 0.207. The lowest BCUT2D eigenvalue weighted by Gasteiger charge is -2.24. The van der Waals surface area contributed by atoms with Crippen molar-refractivity contribution in [2.24, 2.45) is 5.73 Å². The number of nitrogens with zero attached hydrogens (tertiary/aromatic N) is 2. The van der Waals surface area contributed by atoms with E-state index in [9.17, 15) is 27.6 Å². The molecule has 0 saturated carbocycles. The molecule has 206 valence electrons. The SMILES string of the molecule is NC(=O)c1ccccc1-n1cc(CC(=O)N2CCC[C@H]2C(=O)Nc2cccc(OC(F)(F)F)c2)c2ccccc21. The first-order valence-corrected chi connectivity index (χ1v) is 12.5. The van der Waals surface area contributed by atoms with Crippen LogP contribution < -0.4 is 15.8 Å². The zero-order valence-electron chi connectivity index (χ0n) is 21.1. The standard InChI is InChI=1S/C29H25F3N4O4/c30-29(31,32)40-20-8-5-7-19(16-20)34-28(39)25-13-6-14-35(25)26(37)15-18-17-36(23-11-3-1-9-21(18)23)24-12-4-2-10-22(24)27(33)38/h1-5,7-12,16-17,25H,6,13-15H2,(H2,33,38)(H,34,39)/t25-/m0/s1. The van der Waals surface area contributed by atoms with Gasteiger partial charge >= 0.3 is 6.36 Å². The second kappa shape index (κ2) is 10.8. The van der Waals surface area contributed by atoms with Crippen LogP contribution in [0.5, 0.6) is 5.75 Å². The molecule has 0 unspecified atom stereocenters. The Balaban J connectivity index is 1.36. The van der Waals surface area contributed by atoms with Crippen LogP contribution in [-0.2, 0) is 16.0 Å². The third-order valence-corrected chi connectivity index (χ3v) is 6.78. The van der Waals surface area contributed by atoms with Crippen LogP contribution in [0.3, 0.4) is 0 Å². The summed E-state index contributed by atoms with van der Waals surface area (Å²) in [5.74, 6) is -1.79. The van der Waals surface area contributed by atoms with Gasteiger partial charge in [-0.25, -0.2) is 0 Å². The van der Waals surface area contributed by atoms with Crippen molar-refractivity contribution in [1.82, 2.24) is 9.47 Å². The summed E-state index contributed by atoms with van der Waals surface area (Å²) in [7, 11) is 0. The van der Waals surface area contributed by atoms with Crippen LogP contribution in [0.2, 0.25) is 0 Å². The number of ether oxygens (including phenoxy) is 1. The first-order valence-electron chi connectivity index (χ1n) is 12.5. The number of hydrogen-bond acceptors (Lipinski definition) is 4. The predicted molar refractivity (Wildman–Crippen MR) is 142 cm³/mol. The smallest absolute Gasteiger partial charge is 0.406 e. The number of carbonyl (C=O) groups is 3. The number of carbonyl (C=O) groups excluding carboxylic acids is 3. The van der Waals surface area contributed by atoms with Crippen LogP contribution in [0.25, 0.3) is 16.6 Å². The van der Waals surface area contributed by atoms with Crippen LogP contribution in [0.1, 0.15) is 28.8 Å². The Bertz CT molecular complexity index is 1600. The molecule has 3 N–H and O–H groups in total. The molecule has 11 heteroatoms. The van der Waals surface area contributed by atoms with Gasteiger partial charge in [0, 0.05) is 29.9 Å². The summed E-state index contributed by atoms with van der Waals surface area (Å²) in [6, 6.07) is 18.6. The van der Waals surface area contributed by atoms with Gasteiger partial charge in [-0.2, -0.15) is 0 Å². The van der Waals surface area contributed by atoms with Crippen LogP contribution in [0, 0.1) is 0 Å². The van der Waals surface area contributed by atoms with Crippen molar-refractivity contribution in [1.29, 1.82) is 0 Å². The highest BCUT2D eigenvalue weighted by Gasteiger charge is 2.35. The van der Waals surface area contributed by atoms with Gasteiger partial charge in [0.2, 0.25) is 11.8 Å². The molecule has 0 radical (unpaired) electrons. The molecule has 1 atom stereocenters. The number of halogens is 3. The molecule has 1 saturated heterocycles. The number of aromatic nitrogens is 1. The van der Waals surface area contributed by atoms with Crippen LogP contribution in [0.4, 0.5) is 18.9 Å². The van der Waals surface area contributed by atoms with Crippen LogP contribution in [-0.4, -0.2) is 46.1 Å². The molecule has 40 heavy (non-hydrogen) atoms. The topological polar surface area (TPSA) is 107 Å². The molecular weight excluding hydrogens is 525 g/mol. The van der Waals surface area contributed by atoms with E-state index in [4.69, 9.17) is 5.73 Å². The summed E-state index contributed by atoms with van der Waals surface area (Å²) in [5, 5.41) is 3.42. The molecule has 8 nitrogen and oxygen atoms in total. The first kappa shape index (κ1) is 26.8. The van der Waals surface area contributed by atoms with Crippen molar-refractivity contribution >= 4 is 34.3 Å². The Labute approximate surface area is 227 Å². The number of amides is 3. The van der Waals surface area contributed by atoms with Gasteiger partial charge in [-0.3, -0.25) is 14.4 Å². The monoisotopic (exact) mass is 550 g/mol. The molecule has 3 amide bonds. The first-order chi connectivity index (χ1) is 19.1. The number of anilines is 1. The number of nitrogens with two attached hydrogens (primary N) is 1. The molecular formula is C29H25F3N4O4. The molecule has 3 aromatic carbocycles. The minimum Gasteiger partial charge on any atom is -0.406 e. The van der Waals surface area contributed by atoms with Crippen molar-refractivity contribution in [2.75, 3.05) is 11.9 Å². The molecule has 1 aliphatic heterocycles. The van der Waals surface area contributed by atoms with Crippen molar-refractivity contribution in [3.63, 3.8) is 0 Å². The van der Waals surface area contributed by atoms with E-state index in [1.165, 1.54) is 17.0 Å². The maximum atomic E-state index is 13.5. The average molecular weight is 551 g/mol. The van der Waals surface area contributed by atoms with Gasteiger partial charge in [0.05, 0.1) is 23.2 Å². The Morgan fingerprint density at radius 3 is 2.52 bits per heavy atom. The van der Waals surface area contributed by atoms with Gasteiger partial charge in [-0.15, -0.1) is 13.2 Å². The quantitative estimate of drug-likeness (QED) is 0.345. The van der Waals surface area contributed by atoms with E-state index < -0.39 is 30.0 Å². The summed E-state index contributed by atoms with van der Waals surface area (Å²) in [6.07, 6.45) is -2.03. The van der Waals surface area contributed by atoms with Gasteiger partial charge in [-0.1, -0.05) is 36.4 Å². The van der Waals surface area contributed by atoms with Gasteiger partial charge in [0.15, 0.2) is 0 Å². The highest BCUT2D eigenvalue weighted by molar-refractivity contribution is 6.00. The Kier molecular flexibility index (Phi) is 7.20. The summed E-state index contributed by atoms with van der Waals surface area (Å²) in [5.41, 5.74) is 8.14. The normalized spacial score (nSPS) is 15.3. The van der Waals surface area contributed by atoms with E-state index in [0.717, 1.165) is 23.0 Å². The van der Waals surface area contributed by atoms with Crippen molar-refractivity contribution in [2.45, 2.75) is 31.7 Å². The summed E-state index contributed by atoms with van der Waals surface area (Å²) >= 11 is 0. The van der Waals surface area contributed by atoms with Crippen LogP contribution >= 0.6 is 0 Å². The molecule has 1 aliphatic rings. The zero-order valence-corrected chi connectivity index (χ0v) is 21.1. The van der Waals surface area contributed by atoms with Gasteiger partial charge < -0.3 is 25.3 Å². The number of hydrogen-bond donors (Lipinski definition) is 2. The molecule has 2 heterocycles. The highest BCUT2D eigenvalue weighted by atomic mass is 19.4. The molecule has 5 rings (SSSR count). The van der Waals surface area contributed by atoms with Crippen molar-refractivity contribution in [3.8, 4) is 11.4 Å². The van der Waals surface area contributed by atoms with Crippen LogP contribution in [0.15, 0.2) is 79.0 Å². The number of fused-ring (bicyclic) bond motifs is 1. The molecule has 0 bridgehead atoms. The van der Waals surface area contributed by atoms with E-state index in [2.05, 4.69) is 10.1 Å². The molecule has 0 spiro atoms. The number of alkyl halides is 3. The average Bonchev–Trinajstić information content (AvgIpc) is 3.54. The molecule has 1 fully saturated rings. The number of primary amides is 1. The van der Waals surface area contributed by atoms with E-state index in [0.29, 0.717) is 36.2 Å². The van der Waals surface area contributed by atoms with E-state index in [1.807, 2.05) is 28.8 Å². The maximum absolute atomic E-state index is 13.5. The molecule has 0 aliphatic carbocycles. The zero-order chi connectivity index (χ0) is 28.4. The molecule has 4 aromatic rings. The van der Waals surface area contributed by atoms with Crippen molar-refractivity contribution < 1.29 is 32.3 Å². The lowest BCUT2D eigenvalue weighted by Crippen LogP contribution is -2.43. The van der Waals surface area contributed by atoms with Crippen molar-refractivity contribution in [3.05, 3.63) is 90.1 Å². The van der Waals surface area contributed by atoms with Gasteiger partial charge in [0.25, 0.3) is 5.91 Å². The summed E-state index contributed by atoms with van der Waals surface area (Å²) in [4.78, 5) is 40.1. The largest absolute Gasteiger partial charge is 0.573 e. The second-order valence-electron chi connectivity index (χ2n) is 9.41. The van der Waals surface area contributed by atoms with E-state index in [1.54, 1.807) is 30.5 Å². The molecule has 1 aromatic heterocycles. The number of nitrogens with one attached hydrogen (secondary N) is 1. The Morgan fingerprint density at radius 1 is 1.00 bits per heavy atom. The third kappa shape index (κ3) is 5.63. The maximum Gasteiger partial charge on any atom is 0.573 e. The minimum atomic E-state index is -4.86. The number of rotatable bonds is 7. The van der Waals surface area contributed by atoms with Gasteiger partial charge in [0.1, 0.15) is 11.8 Å². The highest BCUT2D eigenvalue weighted by Crippen LogP contribution is 2.29. The lowest BCUT2D eigenvalue weighted by molar-refractivity contribution is -0.274. The number of benzene rings is 3. The lowest BCUT2D eigenvalue weighted by atomic mass is 10.1. The number of likely N-dealkylation sites (tertiary alicyclic amines) is 1. The summed E-state index contributed by atoms with van der Waals surface area (Å²) < 4.78 is 43.5. The Hall–Kier alpha value is -4.80. The summed E-state index contributed by atoms with van der Waals surface area (Å²) in [6.45, 7) is 0.372. The van der Waals surface area contributed by atoms with Gasteiger partial charge in [-0.05, 0) is 48.7 Å². The van der Waals surface area contributed by atoms with E-state index >= 15 is 0 Å². The predicted octanol–water partition coefficient (Wildman–Crippen LogP) is 4.80. The second-order valence-corrected chi connectivity index (χ2v) is 9.41. The fourth-order valence-electron chi connectivity index (χ4n) is 5.08. The number of para-hydroxylation sites is 2. The fourth-order valence-corrected chi connectivity index (χ4v) is 5.08. The minimum absolute atomic E-state index is 0.00490. The Morgan fingerprint density at radius 2 is 1.75 bits per heavy atom.